The number of hydrogen-bond acceptors (Lipinski definition) is 5. The van der Waals surface area contributed by atoms with Crippen LogP contribution in [0, 0.1) is 6.92 Å². The Morgan fingerprint density at radius 1 is 1.03 bits per heavy atom. The normalized spacial score (nSPS) is 10.8. The molecule has 1 N–H and O–H groups in total. The van der Waals surface area contributed by atoms with Gasteiger partial charge in [0.05, 0.1) is 16.6 Å². The number of benzene rings is 2. The summed E-state index contributed by atoms with van der Waals surface area (Å²) in [5.74, 6) is 0.879. The van der Waals surface area contributed by atoms with Crippen molar-refractivity contribution in [2.24, 2.45) is 0 Å². The fraction of sp³-hybridized carbons (Fsp3) is 0.130. The Balaban J connectivity index is 1.55. The molecule has 2 aromatic heterocycles. The van der Waals surface area contributed by atoms with E-state index in [1.807, 2.05) is 61.5 Å². The monoisotopic (exact) mass is 416 g/mol. The van der Waals surface area contributed by atoms with Gasteiger partial charge >= 0.3 is 0 Å². The van der Waals surface area contributed by atoms with Crippen molar-refractivity contribution < 1.29 is 4.79 Å². The second-order valence-electron chi connectivity index (χ2n) is 6.76. The first kappa shape index (κ1) is 19.8. The van der Waals surface area contributed by atoms with Gasteiger partial charge in [0.25, 0.3) is 5.56 Å². The number of carbonyl (C=O) groups excluding carboxylic acids is 1. The first-order valence-electron chi connectivity index (χ1n) is 9.54. The number of nitrogens with one attached hydrogen (secondary N) is 1. The van der Waals surface area contributed by atoms with Crippen LogP contribution in [0.4, 0.5) is 5.82 Å². The minimum atomic E-state index is -0.131. The first-order valence-corrected chi connectivity index (χ1v) is 10.5. The number of hydrogen-bond donors (Lipinski definition) is 1. The number of para-hydroxylation sites is 2. The lowest BCUT2D eigenvalue weighted by molar-refractivity contribution is -0.115. The molecule has 0 atom stereocenters. The van der Waals surface area contributed by atoms with Gasteiger partial charge < -0.3 is 5.32 Å². The fourth-order valence-corrected chi connectivity index (χ4v) is 3.95. The lowest BCUT2D eigenvalue weighted by Gasteiger charge is -2.13. The van der Waals surface area contributed by atoms with E-state index in [-0.39, 0.29) is 17.9 Å². The van der Waals surface area contributed by atoms with E-state index >= 15 is 0 Å². The van der Waals surface area contributed by atoms with E-state index in [2.05, 4.69) is 15.3 Å². The molecule has 4 rings (SSSR count). The van der Waals surface area contributed by atoms with Gasteiger partial charge in [-0.25, -0.2) is 9.97 Å². The van der Waals surface area contributed by atoms with Crippen molar-refractivity contribution in [1.29, 1.82) is 0 Å². The number of carbonyl (C=O) groups is 1. The van der Waals surface area contributed by atoms with Crippen molar-refractivity contribution in [3.8, 4) is 5.69 Å². The van der Waals surface area contributed by atoms with Crippen LogP contribution in [-0.2, 0) is 4.79 Å². The topological polar surface area (TPSA) is 76.9 Å². The SMILES string of the molecule is Cc1ccc(NC(=O)CCSc2nc3ccccc3c(=O)n2-c2ccccc2)nc1. The number of aromatic nitrogens is 3. The van der Waals surface area contributed by atoms with Crippen molar-refractivity contribution in [3.63, 3.8) is 0 Å². The summed E-state index contributed by atoms with van der Waals surface area (Å²) >= 11 is 1.38. The Morgan fingerprint density at radius 2 is 1.80 bits per heavy atom. The Kier molecular flexibility index (Phi) is 5.90. The summed E-state index contributed by atoms with van der Waals surface area (Å²) in [6, 6.07) is 20.4. The summed E-state index contributed by atoms with van der Waals surface area (Å²) in [6.07, 6.45) is 1.99. The zero-order chi connectivity index (χ0) is 20.9. The van der Waals surface area contributed by atoms with Crippen LogP contribution in [-0.4, -0.2) is 26.2 Å². The van der Waals surface area contributed by atoms with Crippen molar-refractivity contribution in [1.82, 2.24) is 14.5 Å². The molecule has 0 aliphatic carbocycles. The molecule has 4 aromatic rings. The van der Waals surface area contributed by atoms with Crippen LogP contribution < -0.4 is 10.9 Å². The van der Waals surface area contributed by atoms with E-state index < -0.39 is 0 Å². The molecule has 7 heteroatoms. The van der Waals surface area contributed by atoms with Gasteiger partial charge in [-0.2, -0.15) is 0 Å². The Morgan fingerprint density at radius 3 is 2.57 bits per heavy atom. The molecule has 0 saturated carbocycles. The molecule has 0 saturated heterocycles. The zero-order valence-corrected chi connectivity index (χ0v) is 17.2. The first-order chi connectivity index (χ1) is 14.6. The summed E-state index contributed by atoms with van der Waals surface area (Å²) in [6.45, 7) is 1.94. The molecule has 0 radical (unpaired) electrons. The smallest absolute Gasteiger partial charge is 0.266 e. The average Bonchev–Trinajstić information content (AvgIpc) is 2.76. The molecule has 0 spiro atoms. The number of rotatable bonds is 6. The third kappa shape index (κ3) is 4.41. The highest BCUT2D eigenvalue weighted by molar-refractivity contribution is 7.99. The van der Waals surface area contributed by atoms with Gasteiger partial charge in [0.15, 0.2) is 5.16 Å². The lowest BCUT2D eigenvalue weighted by atomic mass is 10.2. The summed E-state index contributed by atoms with van der Waals surface area (Å²) < 4.78 is 1.60. The molecule has 30 heavy (non-hydrogen) atoms. The van der Waals surface area contributed by atoms with Gasteiger partial charge in [0.1, 0.15) is 5.82 Å². The number of nitrogens with zero attached hydrogens (tertiary/aromatic N) is 3. The molecule has 0 fully saturated rings. The molecule has 2 aromatic carbocycles. The molecule has 2 heterocycles. The van der Waals surface area contributed by atoms with Gasteiger partial charge in [0, 0.05) is 18.4 Å². The molecule has 6 nitrogen and oxygen atoms in total. The Labute approximate surface area is 178 Å². The van der Waals surface area contributed by atoms with Gasteiger partial charge in [-0.3, -0.25) is 14.2 Å². The third-order valence-corrected chi connectivity index (χ3v) is 5.44. The molecule has 0 aliphatic rings. The number of amides is 1. The minimum absolute atomic E-state index is 0.123. The van der Waals surface area contributed by atoms with Crippen molar-refractivity contribution >= 4 is 34.4 Å². The van der Waals surface area contributed by atoms with Crippen LogP contribution in [0.2, 0.25) is 0 Å². The maximum atomic E-state index is 13.1. The Bertz CT molecular complexity index is 1240. The summed E-state index contributed by atoms with van der Waals surface area (Å²) in [5.41, 5.74) is 2.30. The largest absolute Gasteiger partial charge is 0.311 e. The van der Waals surface area contributed by atoms with Crippen molar-refractivity contribution in [3.05, 3.63) is 88.8 Å². The summed E-state index contributed by atoms with van der Waals surface area (Å²) in [4.78, 5) is 34.3. The molecular formula is C23H20N4O2S. The molecule has 1 amide bonds. The predicted molar refractivity (Wildman–Crippen MR) is 120 cm³/mol. The van der Waals surface area contributed by atoms with E-state index in [0.29, 0.717) is 27.6 Å². The molecule has 0 aliphatic heterocycles. The van der Waals surface area contributed by atoms with Crippen molar-refractivity contribution in [2.45, 2.75) is 18.5 Å². The average molecular weight is 417 g/mol. The highest BCUT2D eigenvalue weighted by Gasteiger charge is 2.14. The van der Waals surface area contributed by atoms with Crippen LogP contribution in [0.15, 0.2) is 82.9 Å². The van der Waals surface area contributed by atoms with Gasteiger partial charge in [-0.15, -0.1) is 0 Å². The van der Waals surface area contributed by atoms with Crippen LogP contribution in [0.1, 0.15) is 12.0 Å². The quantitative estimate of drug-likeness (QED) is 0.376. The zero-order valence-electron chi connectivity index (χ0n) is 16.4. The van der Waals surface area contributed by atoms with Crippen LogP contribution in [0.3, 0.4) is 0 Å². The predicted octanol–water partition coefficient (Wildman–Crippen LogP) is 4.21. The lowest BCUT2D eigenvalue weighted by Crippen LogP contribution is -2.22. The maximum absolute atomic E-state index is 13.1. The highest BCUT2D eigenvalue weighted by Crippen LogP contribution is 2.22. The van der Waals surface area contributed by atoms with Crippen molar-refractivity contribution in [2.75, 3.05) is 11.1 Å². The number of aryl methyl sites for hydroxylation is 1. The van der Waals surface area contributed by atoms with E-state index in [1.54, 1.807) is 22.9 Å². The third-order valence-electron chi connectivity index (χ3n) is 4.50. The number of thioether (sulfide) groups is 1. The van der Waals surface area contributed by atoms with E-state index in [4.69, 9.17) is 0 Å². The second kappa shape index (κ2) is 8.92. The van der Waals surface area contributed by atoms with E-state index in [1.165, 1.54) is 11.8 Å². The Hall–Kier alpha value is -3.45. The number of fused-ring (bicyclic) bond motifs is 1. The molecule has 0 unspecified atom stereocenters. The molecular weight excluding hydrogens is 396 g/mol. The van der Waals surface area contributed by atoms with E-state index in [9.17, 15) is 9.59 Å². The highest BCUT2D eigenvalue weighted by atomic mass is 32.2. The van der Waals surface area contributed by atoms with E-state index in [0.717, 1.165) is 11.3 Å². The number of pyridine rings is 1. The molecule has 150 valence electrons. The van der Waals surface area contributed by atoms with Gasteiger partial charge in [0.2, 0.25) is 5.91 Å². The van der Waals surface area contributed by atoms with Crippen LogP contribution in [0.5, 0.6) is 0 Å². The number of anilines is 1. The van der Waals surface area contributed by atoms with Crippen LogP contribution >= 0.6 is 11.8 Å². The second-order valence-corrected chi connectivity index (χ2v) is 7.82. The van der Waals surface area contributed by atoms with Gasteiger partial charge in [-0.1, -0.05) is 48.2 Å². The standard InChI is InChI=1S/C23H20N4O2S/c1-16-11-12-20(24-15-16)26-21(28)13-14-30-23-25-19-10-6-5-9-18(19)22(29)27(23)17-7-3-2-4-8-17/h2-12,15H,13-14H2,1H3,(H,24,26,28). The summed E-state index contributed by atoms with van der Waals surface area (Å²) in [5, 5.41) is 3.92. The maximum Gasteiger partial charge on any atom is 0.266 e. The minimum Gasteiger partial charge on any atom is -0.311 e. The molecule has 0 bridgehead atoms. The van der Waals surface area contributed by atoms with Crippen LogP contribution in [0.25, 0.3) is 16.6 Å². The van der Waals surface area contributed by atoms with Gasteiger partial charge in [-0.05, 0) is 42.8 Å². The summed E-state index contributed by atoms with van der Waals surface area (Å²) in [7, 11) is 0. The fourth-order valence-electron chi connectivity index (χ4n) is 3.00.